The molecule has 0 radical (unpaired) electrons. The minimum atomic E-state index is -3.59. The van der Waals surface area contributed by atoms with Crippen molar-refractivity contribution in [2.45, 2.75) is 70.2 Å². The molecule has 0 unspecified atom stereocenters. The summed E-state index contributed by atoms with van der Waals surface area (Å²) in [5, 5.41) is 2.89. The number of pyridine rings is 1. The zero-order chi connectivity index (χ0) is 22.9. The van der Waals surface area contributed by atoms with Gasteiger partial charge in [0, 0.05) is 24.9 Å². The van der Waals surface area contributed by atoms with Crippen LogP contribution in [0.5, 0.6) is 0 Å². The van der Waals surface area contributed by atoms with Crippen LogP contribution in [0.15, 0.2) is 17.4 Å². The van der Waals surface area contributed by atoms with Crippen molar-refractivity contribution < 1.29 is 13.2 Å². The molecule has 1 N–H and O–H groups in total. The number of nitrogens with one attached hydrogen (secondary N) is 1. The number of aromatic nitrogens is 3. The van der Waals surface area contributed by atoms with Gasteiger partial charge in [0.15, 0.2) is 5.65 Å². The molecule has 2 aromatic heterocycles. The first kappa shape index (κ1) is 24.0. The highest BCUT2D eigenvalue weighted by molar-refractivity contribution is 7.90. The summed E-state index contributed by atoms with van der Waals surface area (Å²) in [7, 11) is -5.58. The molecular formula is C21H30N4O3SSi. The molecule has 0 spiro atoms. The first-order valence-electron chi connectivity index (χ1n) is 9.97. The minimum Gasteiger partial charge on any atom is -0.311 e. The normalized spacial score (nSPS) is 12.4. The van der Waals surface area contributed by atoms with E-state index in [9.17, 15) is 13.2 Å². The molecule has 2 rings (SSSR count). The average molecular weight is 447 g/mol. The van der Waals surface area contributed by atoms with Gasteiger partial charge < -0.3 is 5.32 Å². The van der Waals surface area contributed by atoms with Crippen LogP contribution >= 0.6 is 0 Å². The monoisotopic (exact) mass is 446 g/mol. The Bertz CT molecular complexity index is 1110. The summed E-state index contributed by atoms with van der Waals surface area (Å²) in [6.45, 7) is 14.8. The number of nitrogens with zero attached hydrogens (tertiary/aromatic N) is 3. The van der Waals surface area contributed by atoms with Crippen molar-refractivity contribution in [1.29, 1.82) is 0 Å². The van der Waals surface area contributed by atoms with Gasteiger partial charge in [0.05, 0.1) is 5.39 Å². The molecular weight excluding hydrogens is 416 g/mol. The Labute approximate surface area is 180 Å². The van der Waals surface area contributed by atoms with Crippen molar-refractivity contribution >= 4 is 40.7 Å². The minimum absolute atomic E-state index is 0.187. The Morgan fingerprint density at radius 1 is 1.07 bits per heavy atom. The van der Waals surface area contributed by atoms with Crippen molar-refractivity contribution in [3.05, 3.63) is 17.8 Å². The summed E-state index contributed by atoms with van der Waals surface area (Å²) < 4.78 is 23.7. The van der Waals surface area contributed by atoms with Crippen LogP contribution < -0.4 is 5.32 Å². The van der Waals surface area contributed by atoms with E-state index in [4.69, 9.17) is 0 Å². The lowest BCUT2D eigenvalue weighted by Gasteiger charge is -2.38. The highest BCUT2D eigenvalue weighted by Gasteiger charge is 2.41. The SMILES string of the molecule is CC(=O)Nc1cc(C#C[Si](C(C)C)(C(C)C)C(C)C)c2cnc(S(C)(=O)=O)nc2n1. The van der Waals surface area contributed by atoms with E-state index in [-0.39, 0.29) is 22.5 Å². The maximum Gasteiger partial charge on any atom is 0.248 e. The summed E-state index contributed by atoms with van der Waals surface area (Å²) in [5.74, 6) is 3.33. The van der Waals surface area contributed by atoms with E-state index in [1.54, 1.807) is 6.07 Å². The quantitative estimate of drug-likeness (QED) is 0.424. The molecule has 0 fully saturated rings. The zero-order valence-electron chi connectivity index (χ0n) is 18.9. The molecule has 0 saturated carbocycles. The van der Waals surface area contributed by atoms with Crippen LogP contribution in [0.25, 0.3) is 11.0 Å². The van der Waals surface area contributed by atoms with Gasteiger partial charge in [0.25, 0.3) is 0 Å². The van der Waals surface area contributed by atoms with Gasteiger partial charge >= 0.3 is 0 Å². The molecule has 0 aliphatic heterocycles. The van der Waals surface area contributed by atoms with E-state index in [1.807, 2.05) is 0 Å². The van der Waals surface area contributed by atoms with Gasteiger partial charge in [-0.3, -0.25) is 4.79 Å². The lowest BCUT2D eigenvalue weighted by atomic mass is 10.2. The second kappa shape index (κ2) is 8.82. The Morgan fingerprint density at radius 2 is 1.63 bits per heavy atom. The van der Waals surface area contributed by atoms with E-state index in [0.29, 0.717) is 27.6 Å². The zero-order valence-corrected chi connectivity index (χ0v) is 20.7. The van der Waals surface area contributed by atoms with Gasteiger partial charge in [-0.2, -0.15) is 4.98 Å². The Hall–Kier alpha value is -2.31. The number of anilines is 1. The molecule has 0 bridgehead atoms. The smallest absolute Gasteiger partial charge is 0.248 e. The fourth-order valence-corrected chi connectivity index (χ4v) is 9.84. The first-order valence-corrected chi connectivity index (χ1v) is 14.1. The third-order valence-electron chi connectivity index (χ3n) is 5.46. The molecule has 2 aromatic rings. The average Bonchev–Trinajstić information content (AvgIpc) is 2.59. The van der Waals surface area contributed by atoms with E-state index >= 15 is 0 Å². The fourth-order valence-electron chi connectivity index (χ4n) is 4.13. The third-order valence-corrected chi connectivity index (χ3v) is 12.6. The topological polar surface area (TPSA) is 102 Å². The molecule has 0 atom stereocenters. The first-order chi connectivity index (χ1) is 13.8. The van der Waals surface area contributed by atoms with Crippen molar-refractivity contribution in [2.75, 3.05) is 11.6 Å². The van der Waals surface area contributed by atoms with Gasteiger partial charge in [0.2, 0.25) is 20.9 Å². The molecule has 0 aliphatic carbocycles. The van der Waals surface area contributed by atoms with Crippen molar-refractivity contribution in [2.24, 2.45) is 0 Å². The Kier molecular flexibility index (Phi) is 7.04. The molecule has 0 aromatic carbocycles. The Balaban J connectivity index is 2.80. The van der Waals surface area contributed by atoms with Crippen LogP contribution in [0.4, 0.5) is 5.82 Å². The molecule has 9 heteroatoms. The molecule has 2 heterocycles. The lowest BCUT2D eigenvalue weighted by molar-refractivity contribution is -0.114. The van der Waals surface area contributed by atoms with E-state index in [1.165, 1.54) is 13.1 Å². The van der Waals surface area contributed by atoms with Crippen LogP contribution in [-0.4, -0.2) is 43.6 Å². The number of rotatable bonds is 5. The van der Waals surface area contributed by atoms with E-state index in [2.05, 4.69) is 73.3 Å². The number of hydrogen-bond donors (Lipinski definition) is 1. The van der Waals surface area contributed by atoms with Crippen molar-refractivity contribution in [3.63, 3.8) is 0 Å². The van der Waals surface area contributed by atoms with E-state index < -0.39 is 17.9 Å². The summed E-state index contributed by atoms with van der Waals surface area (Å²) >= 11 is 0. The fraction of sp³-hybridized carbons (Fsp3) is 0.524. The lowest BCUT2D eigenvalue weighted by Crippen LogP contribution is -2.43. The van der Waals surface area contributed by atoms with Gasteiger partial charge in [-0.25, -0.2) is 18.4 Å². The standard InChI is InChI=1S/C21H30N4O3SSi/c1-13(2)30(14(3)4,15(5)6)10-9-17-11-19(23-16(7)26)24-20-18(17)12-22-21(25-20)29(8,27)28/h11-15H,1-8H3,(H,22,23,24,25,26). The van der Waals surface area contributed by atoms with Crippen LogP contribution in [0.2, 0.25) is 16.6 Å². The summed E-state index contributed by atoms with van der Waals surface area (Å²) in [4.78, 5) is 24.0. The van der Waals surface area contributed by atoms with Gasteiger partial charge in [-0.1, -0.05) is 47.5 Å². The molecule has 0 aliphatic rings. The highest BCUT2D eigenvalue weighted by Crippen LogP contribution is 2.40. The van der Waals surface area contributed by atoms with Crippen LogP contribution in [0, 0.1) is 11.5 Å². The number of fused-ring (bicyclic) bond motifs is 1. The van der Waals surface area contributed by atoms with Crippen LogP contribution in [-0.2, 0) is 14.6 Å². The predicted molar refractivity (Wildman–Crippen MR) is 123 cm³/mol. The molecule has 7 nitrogen and oxygen atoms in total. The predicted octanol–water partition coefficient (Wildman–Crippen LogP) is 3.96. The summed E-state index contributed by atoms with van der Waals surface area (Å²) in [6.07, 6.45) is 2.48. The number of carbonyl (C=O) groups is 1. The number of hydrogen-bond acceptors (Lipinski definition) is 6. The van der Waals surface area contributed by atoms with Gasteiger partial charge in [-0.05, 0) is 22.7 Å². The largest absolute Gasteiger partial charge is 0.311 e. The molecule has 30 heavy (non-hydrogen) atoms. The van der Waals surface area contributed by atoms with Crippen molar-refractivity contribution in [3.8, 4) is 11.5 Å². The molecule has 162 valence electrons. The van der Waals surface area contributed by atoms with Gasteiger partial charge in [0.1, 0.15) is 13.9 Å². The second-order valence-corrected chi connectivity index (χ2v) is 16.0. The van der Waals surface area contributed by atoms with E-state index in [0.717, 1.165) is 6.26 Å². The highest BCUT2D eigenvalue weighted by atomic mass is 32.2. The maximum atomic E-state index is 11.9. The molecule has 1 amide bonds. The summed E-state index contributed by atoms with van der Waals surface area (Å²) in [5.41, 5.74) is 5.83. The maximum absolute atomic E-state index is 11.9. The van der Waals surface area contributed by atoms with Crippen LogP contribution in [0.3, 0.4) is 0 Å². The number of carbonyl (C=O) groups excluding carboxylic acids is 1. The van der Waals surface area contributed by atoms with Crippen LogP contribution in [0.1, 0.15) is 54.0 Å². The molecule has 0 saturated heterocycles. The second-order valence-electron chi connectivity index (χ2n) is 8.55. The third kappa shape index (κ3) is 4.87. The Morgan fingerprint density at radius 3 is 2.10 bits per heavy atom. The van der Waals surface area contributed by atoms with Crippen molar-refractivity contribution in [1.82, 2.24) is 15.0 Å². The van der Waals surface area contributed by atoms with Gasteiger partial charge in [-0.15, -0.1) is 5.54 Å². The summed E-state index contributed by atoms with van der Waals surface area (Å²) in [6, 6.07) is 1.69. The number of sulfone groups is 1. The number of amides is 1.